The molecule has 0 saturated heterocycles. The Morgan fingerprint density at radius 3 is 2.42 bits per heavy atom. The molecular formula is C18H22N2O3S. The molecule has 0 aliphatic rings. The van der Waals surface area contributed by atoms with E-state index in [0.717, 1.165) is 11.3 Å². The summed E-state index contributed by atoms with van der Waals surface area (Å²) in [6, 6.07) is 11.0. The molecule has 6 heteroatoms. The van der Waals surface area contributed by atoms with Crippen molar-refractivity contribution in [3.8, 4) is 5.75 Å². The smallest absolute Gasteiger partial charge is 0.261 e. The highest BCUT2D eigenvalue weighted by Crippen LogP contribution is 2.18. The highest BCUT2D eigenvalue weighted by Gasteiger charge is 2.12. The number of hydrogen-bond donors (Lipinski definition) is 2. The van der Waals surface area contributed by atoms with Gasteiger partial charge in [-0.1, -0.05) is 18.2 Å². The van der Waals surface area contributed by atoms with E-state index < -0.39 is 0 Å². The van der Waals surface area contributed by atoms with E-state index in [1.165, 1.54) is 11.3 Å². The summed E-state index contributed by atoms with van der Waals surface area (Å²) in [5, 5.41) is 7.30. The molecule has 0 aliphatic heterocycles. The van der Waals surface area contributed by atoms with Crippen LogP contribution < -0.4 is 15.4 Å². The normalized spacial score (nSPS) is 11.8. The van der Waals surface area contributed by atoms with Crippen molar-refractivity contribution < 1.29 is 14.3 Å². The van der Waals surface area contributed by atoms with Gasteiger partial charge < -0.3 is 15.4 Å². The number of nitrogens with one attached hydrogen (secondary N) is 2. The van der Waals surface area contributed by atoms with E-state index in [1.54, 1.807) is 12.1 Å². The van der Waals surface area contributed by atoms with Crippen molar-refractivity contribution in [2.24, 2.45) is 0 Å². The van der Waals surface area contributed by atoms with E-state index in [-0.39, 0.29) is 30.5 Å². The molecule has 2 aromatic rings. The summed E-state index contributed by atoms with van der Waals surface area (Å²) < 4.78 is 5.60. The van der Waals surface area contributed by atoms with Crippen LogP contribution in [-0.4, -0.2) is 24.5 Å². The van der Waals surface area contributed by atoms with Gasteiger partial charge in [-0.2, -0.15) is 0 Å². The van der Waals surface area contributed by atoms with Crippen LogP contribution in [0.2, 0.25) is 0 Å². The summed E-state index contributed by atoms with van der Waals surface area (Å²) in [4.78, 5) is 24.4. The zero-order valence-corrected chi connectivity index (χ0v) is 14.9. The van der Waals surface area contributed by atoms with Crippen LogP contribution in [0.5, 0.6) is 5.75 Å². The minimum absolute atomic E-state index is 0.0460. The zero-order valence-electron chi connectivity index (χ0n) is 14.0. The Hall–Kier alpha value is -2.34. The quantitative estimate of drug-likeness (QED) is 0.809. The summed E-state index contributed by atoms with van der Waals surface area (Å²) >= 11 is 1.34. The molecule has 1 atom stereocenters. The topological polar surface area (TPSA) is 67.4 Å². The van der Waals surface area contributed by atoms with Gasteiger partial charge in [-0.3, -0.25) is 9.59 Å². The van der Waals surface area contributed by atoms with Crippen LogP contribution in [0.1, 0.15) is 42.0 Å². The van der Waals surface area contributed by atoms with Crippen LogP contribution in [0, 0.1) is 0 Å². The third-order valence-electron chi connectivity index (χ3n) is 3.28. The number of thiophene rings is 1. The molecule has 0 spiro atoms. The molecule has 0 bridgehead atoms. The summed E-state index contributed by atoms with van der Waals surface area (Å²) in [6.07, 6.45) is 0.125. The van der Waals surface area contributed by atoms with Gasteiger partial charge >= 0.3 is 0 Å². The molecule has 128 valence electrons. The lowest BCUT2D eigenvalue weighted by atomic mass is 10.1. The number of ether oxygens (including phenoxy) is 1. The highest BCUT2D eigenvalue weighted by atomic mass is 32.1. The predicted octanol–water partition coefficient (Wildman–Crippen LogP) is 3.14. The maximum atomic E-state index is 12.0. The Morgan fingerprint density at radius 2 is 1.83 bits per heavy atom. The van der Waals surface area contributed by atoms with Crippen LogP contribution in [0.4, 0.5) is 0 Å². The Labute approximate surface area is 146 Å². The lowest BCUT2D eigenvalue weighted by molar-refractivity contribution is -0.120. The summed E-state index contributed by atoms with van der Waals surface area (Å²) in [6.45, 7) is 5.80. The lowest BCUT2D eigenvalue weighted by Crippen LogP contribution is -2.37. The molecule has 1 aromatic heterocycles. The Morgan fingerprint density at radius 1 is 1.12 bits per heavy atom. The fourth-order valence-electron chi connectivity index (χ4n) is 2.14. The van der Waals surface area contributed by atoms with E-state index in [1.807, 2.05) is 50.4 Å². The number of carbonyl (C=O) groups excluding carboxylic acids is 2. The molecule has 2 N–H and O–H groups in total. The monoisotopic (exact) mass is 346 g/mol. The number of amides is 2. The maximum Gasteiger partial charge on any atom is 0.261 e. The van der Waals surface area contributed by atoms with Crippen LogP contribution in [0.3, 0.4) is 0 Å². The van der Waals surface area contributed by atoms with Crippen LogP contribution in [0.15, 0.2) is 41.8 Å². The first-order chi connectivity index (χ1) is 11.5. The standard InChI is InChI=1S/C18H22N2O3S/c1-12(2)23-15-8-6-14(7-9-15)13(3)20-17(21)11-19-18(22)16-5-4-10-24-16/h4-10,12-13H,11H2,1-3H3,(H,19,22)(H,20,21). The van der Waals surface area contributed by atoms with E-state index in [0.29, 0.717) is 4.88 Å². The van der Waals surface area contributed by atoms with Crippen molar-refractivity contribution in [3.63, 3.8) is 0 Å². The second kappa shape index (κ2) is 8.49. The summed E-state index contributed by atoms with van der Waals surface area (Å²) in [5.74, 6) is 0.341. The number of carbonyl (C=O) groups is 2. The van der Waals surface area contributed by atoms with Crippen molar-refractivity contribution >= 4 is 23.2 Å². The van der Waals surface area contributed by atoms with Gasteiger partial charge in [0.05, 0.1) is 23.6 Å². The van der Waals surface area contributed by atoms with Crippen LogP contribution >= 0.6 is 11.3 Å². The van der Waals surface area contributed by atoms with Crippen molar-refractivity contribution in [2.45, 2.75) is 32.9 Å². The maximum absolute atomic E-state index is 12.0. The molecule has 1 unspecified atom stereocenters. The Bertz CT molecular complexity index is 666. The fourth-order valence-corrected chi connectivity index (χ4v) is 2.78. The van der Waals surface area contributed by atoms with Crippen molar-refractivity contribution in [1.82, 2.24) is 10.6 Å². The number of hydrogen-bond acceptors (Lipinski definition) is 4. The molecular weight excluding hydrogens is 324 g/mol. The van der Waals surface area contributed by atoms with Crippen molar-refractivity contribution in [2.75, 3.05) is 6.54 Å². The van der Waals surface area contributed by atoms with E-state index in [2.05, 4.69) is 10.6 Å². The van der Waals surface area contributed by atoms with E-state index in [9.17, 15) is 9.59 Å². The number of rotatable bonds is 7. The average Bonchev–Trinajstić information content (AvgIpc) is 3.07. The molecule has 2 rings (SSSR count). The molecule has 5 nitrogen and oxygen atoms in total. The molecule has 0 fully saturated rings. The van der Waals surface area contributed by atoms with Crippen LogP contribution in [0.25, 0.3) is 0 Å². The summed E-state index contributed by atoms with van der Waals surface area (Å²) in [5.41, 5.74) is 0.976. The van der Waals surface area contributed by atoms with Gasteiger partial charge in [0.25, 0.3) is 5.91 Å². The predicted molar refractivity (Wildman–Crippen MR) is 95.4 cm³/mol. The first-order valence-corrected chi connectivity index (χ1v) is 8.71. The molecule has 0 aliphatic carbocycles. The van der Waals surface area contributed by atoms with Gasteiger partial charge in [0, 0.05) is 0 Å². The van der Waals surface area contributed by atoms with Gasteiger partial charge in [0.15, 0.2) is 0 Å². The third kappa shape index (κ3) is 5.38. The van der Waals surface area contributed by atoms with Gasteiger partial charge in [-0.15, -0.1) is 11.3 Å². The second-order valence-corrected chi connectivity index (χ2v) is 6.63. The molecule has 1 aromatic carbocycles. The second-order valence-electron chi connectivity index (χ2n) is 5.68. The SMILES string of the molecule is CC(C)Oc1ccc(C(C)NC(=O)CNC(=O)c2cccs2)cc1. The largest absolute Gasteiger partial charge is 0.491 e. The molecule has 0 radical (unpaired) electrons. The van der Waals surface area contributed by atoms with E-state index >= 15 is 0 Å². The van der Waals surface area contributed by atoms with E-state index in [4.69, 9.17) is 4.74 Å². The van der Waals surface area contributed by atoms with Gasteiger partial charge in [0.1, 0.15) is 5.75 Å². The van der Waals surface area contributed by atoms with Crippen molar-refractivity contribution in [3.05, 3.63) is 52.2 Å². The molecule has 24 heavy (non-hydrogen) atoms. The van der Waals surface area contributed by atoms with Gasteiger partial charge in [-0.05, 0) is 49.9 Å². The minimum atomic E-state index is -0.233. The van der Waals surface area contributed by atoms with Gasteiger partial charge in [-0.25, -0.2) is 0 Å². The van der Waals surface area contributed by atoms with Crippen molar-refractivity contribution in [1.29, 1.82) is 0 Å². The number of benzene rings is 1. The Kier molecular flexibility index (Phi) is 6.37. The van der Waals surface area contributed by atoms with Crippen LogP contribution in [-0.2, 0) is 4.79 Å². The zero-order chi connectivity index (χ0) is 17.5. The molecule has 0 saturated carbocycles. The minimum Gasteiger partial charge on any atom is -0.491 e. The van der Waals surface area contributed by atoms with Gasteiger partial charge in [0.2, 0.25) is 5.91 Å². The molecule has 2 amide bonds. The third-order valence-corrected chi connectivity index (χ3v) is 4.15. The first kappa shape index (κ1) is 18.0. The summed E-state index contributed by atoms with van der Waals surface area (Å²) in [7, 11) is 0. The highest BCUT2D eigenvalue weighted by molar-refractivity contribution is 7.12. The Balaban J connectivity index is 1.81. The fraction of sp³-hybridized carbons (Fsp3) is 0.333. The first-order valence-electron chi connectivity index (χ1n) is 7.83. The average molecular weight is 346 g/mol. The lowest BCUT2D eigenvalue weighted by Gasteiger charge is -2.16. The molecule has 1 heterocycles.